The molecule has 2 saturated heterocycles. The Morgan fingerprint density at radius 2 is 2.04 bits per heavy atom. The molecule has 2 aliphatic rings. The van der Waals surface area contributed by atoms with Crippen LogP contribution < -0.4 is 5.32 Å². The van der Waals surface area contributed by atoms with E-state index < -0.39 is 4.92 Å². The first kappa shape index (κ1) is 15.9. The summed E-state index contributed by atoms with van der Waals surface area (Å²) in [4.78, 5) is 27.4. The fraction of sp³-hybridized carbons (Fsp3) is 0.562. The molecule has 7 nitrogen and oxygen atoms in total. The molecule has 2 fully saturated rings. The Labute approximate surface area is 135 Å². The van der Waals surface area contributed by atoms with Gasteiger partial charge >= 0.3 is 0 Å². The summed E-state index contributed by atoms with van der Waals surface area (Å²) in [6, 6.07) is 5.29. The van der Waals surface area contributed by atoms with Gasteiger partial charge in [-0.25, -0.2) is 0 Å². The summed E-state index contributed by atoms with van der Waals surface area (Å²) in [5, 5.41) is 14.4. The number of nitro groups is 1. The van der Waals surface area contributed by atoms with E-state index in [-0.39, 0.29) is 11.6 Å². The van der Waals surface area contributed by atoms with Gasteiger partial charge in [0.05, 0.1) is 4.92 Å². The Balaban J connectivity index is 1.65. The van der Waals surface area contributed by atoms with E-state index in [0.29, 0.717) is 30.3 Å². The summed E-state index contributed by atoms with van der Waals surface area (Å²) in [6.45, 7) is 6.86. The summed E-state index contributed by atoms with van der Waals surface area (Å²) in [5.74, 6) is -0.114. The quantitative estimate of drug-likeness (QED) is 0.665. The normalized spacial score (nSPS) is 22.3. The number of benzene rings is 1. The van der Waals surface area contributed by atoms with Gasteiger partial charge in [0.2, 0.25) is 0 Å². The minimum atomic E-state index is -0.433. The van der Waals surface area contributed by atoms with Crippen LogP contribution in [0.25, 0.3) is 0 Å². The van der Waals surface area contributed by atoms with Crippen molar-refractivity contribution < 1.29 is 9.72 Å². The molecule has 1 unspecified atom stereocenters. The van der Waals surface area contributed by atoms with E-state index in [1.807, 2.05) is 0 Å². The number of nitrogens with zero attached hydrogens (tertiary/aromatic N) is 3. The number of hydrogen-bond donors (Lipinski definition) is 1. The van der Waals surface area contributed by atoms with Crippen LogP contribution in [0.15, 0.2) is 18.2 Å². The summed E-state index contributed by atoms with van der Waals surface area (Å²) in [7, 11) is 0. The number of carbonyl (C=O) groups excluding carboxylic acids is 1. The largest absolute Gasteiger partial charge is 0.336 e. The average Bonchev–Trinajstić information content (AvgIpc) is 3.09. The van der Waals surface area contributed by atoms with Crippen molar-refractivity contribution in [2.45, 2.75) is 19.4 Å². The number of nitro benzene ring substituents is 1. The minimum Gasteiger partial charge on any atom is -0.336 e. The smallest absolute Gasteiger partial charge is 0.273 e. The Morgan fingerprint density at radius 1 is 1.30 bits per heavy atom. The van der Waals surface area contributed by atoms with Crippen molar-refractivity contribution in [3.8, 4) is 0 Å². The lowest BCUT2D eigenvalue weighted by Crippen LogP contribution is -2.52. The monoisotopic (exact) mass is 318 g/mol. The third-order valence-corrected chi connectivity index (χ3v) is 4.80. The number of nitrogens with one attached hydrogen (secondary N) is 1. The van der Waals surface area contributed by atoms with Gasteiger partial charge in [0.15, 0.2) is 0 Å². The van der Waals surface area contributed by atoms with E-state index in [2.05, 4.69) is 10.2 Å². The van der Waals surface area contributed by atoms with E-state index in [9.17, 15) is 14.9 Å². The number of hydrogen-bond acceptors (Lipinski definition) is 5. The third kappa shape index (κ3) is 3.35. The highest BCUT2D eigenvalue weighted by Gasteiger charge is 2.28. The molecule has 0 radical (unpaired) electrons. The molecule has 2 aliphatic heterocycles. The van der Waals surface area contributed by atoms with Gasteiger partial charge < -0.3 is 10.2 Å². The van der Waals surface area contributed by atoms with Crippen molar-refractivity contribution in [2.24, 2.45) is 0 Å². The predicted octanol–water partition coefficient (Wildman–Crippen LogP) is 1.02. The summed E-state index contributed by atoms with van der Waals surface area (Å²) in [6.07, 6.45) is 1.16. The maximum absolute atomic E-state index is 12.6. The molecule has 23 heavy (non-hydrogen) atoms. The molecule has 1 aromatic rings. The van der Waals surface area contributed by atoms with Crippen molar-refractivity contribution in [2.75, 3.05) is 39.3 Å². The summed E-state index contributed by atoms with van der Waals surface area (Å²) < 4.78 is 0. The fourth-order valence-electron chi connectivity index (χ4n) is 3.36. The lowest BCUT2D eigenvalue weighted by atomic mass is 10.1. The van der Waals surface area contributed by atoms with Gasteiger partial charge in [-0.3, -0.25) is 19.8 Å². The third-order valence-electron chi connectivity index (χ3n) is 4.80. The molecule has 3 rings (SSSR count). The van der Waals surface area contributed by atoms with E-state index in [4.69, 9.17) is 0 Å². The number of aryl methyl sites for hydroxylation is 1. The first-order valence-corrected chi connectivity index (χ1v) is 8.05. The van der Waals surface area contributed by atoms with Crippen LogP contribution in [0.4, 0.5) is 5.69 Å². The molecule has 0 bridgehead atoms. The molecule has 1 aromatic carbocycles. The van der Waals surface area contributed by atoms with Crippen molar-refractivity contribution >= 4 is 11.6 Å². The molecule has 0 spiro atoms. The first-order chi connectivity index (χ1) is 11.1. The molecule has 1 N–H and O–H groups in total. The number of amides is 1. The van der Waals surface area contributed by atoms with Crippen molar-refractivity contribution in [3.05, 3.63) is 39.4 Å². The lowest BCUT2D eigenvalue weighted by Gasteiger charge is -2.37. The summed E-state index contributed by atoms with van der Waals surface area (Å²) >= 11 is 0. The highest BCUT2D eigenvalue weighted by molar-refractivity contribution is 5.95. The Kier molecular flexibility index (Phi) is 4.58. The average molecular weight is 318 g/mol. The molecule has 2 heterocycles. The molecule has 0 aliphatic carbocycles. The molecule has 1 atom stereocenters. The number of rotatable bonds is 3. The molecule has 0 saturated carbocycles. The van der Waals surface area contributed by atoms with Crippen LogP contribution in [0.3, 0.4) is 0 Å². The second-order valence-electron chi connectivity index (χ2n) is 6.23. The Morgan fingerprint density at radius 3 is 2.65 bits per heavy atom. The fourth-order valence-corrected chi connectivity index (χ4v) is 3.36. The maximum atomic E-state index is 12.6. The van der Waals surface area contributed by atoms with Crippen LogP contribution in [0.1, 0.15) is 22.3 Å². The second-order valence-corrected chi connectivity index (χ2v) is 6.23. The van der Waals surface area contributed by atoms with Crippen LogP contribution in [-0.4, -0.2) is 65.9 Å². The molecule has 0 aromatic heterocycles. The maximum Gasteiger partial charge on any atom is 0.273 e. The minimum absolute atomic E-state index is 0.00603. The van der Waals surface area contributed by atoms with Gasteiger partial charge in [0, 0.05) is 56.0 Å². The Bertz CT molecular complexity index is 605. The van der Waals surface area contributed by atoms with E-state index in [1.165, 1.54) is 6.07 Å². The van der Waals surface area contributed by atoms with Crippen LogP contribution >= 0.6 is 0 Å². The number of carbonyl (C=O) groups is 1. The SMILES string of the molecule is Cc1ccc(C(=O)N2CCN(C3CCNC3)CC2)cc1[N+](=O)[O-]. The van der Waals surface area contributed by atoms with Gasteiger partial charge in [0.1, 0.15) is 0 Å². The zero-order valence-corrected chi connectivity index (χ0v) is 13.3. The highest BCUT2D eigenvalue weighted by atomic mass is 16.6. The molecular weight excluding hydrogens is 296 g/mol. The predicted molar refractivity (Wildman–Crippen MR) is 86.6 cm³/mol. The van der Waals surface area contributed by atoms with Crippen molar-refractivity contribution in [1.29, 1.82) is 0 Å². The lowest BCUT2D eigenvalue weighted by molar-refractivity contribution is -0.385. The van der Waals surface area contributed by atoms with Crippen LogP contribution in [0, 0.1) is 17.0 Å². The summed E-state index contributed by atoms with van der Waals surface area (Å²) in [5.41, 5.74) is 0.981. The van der Waals surface area contributed by atoms with Gasteiger partial charge in [-0.15, -0.1) is 0 Å². The topological polar surface area (TPSA) is 78.7 Å². The molecule has 1 amide bonds. The van der Waals surface area contributed by atoms with E-state index >= 15 is 0 Å². The zero-order chi connectivity index (χ0) is 16.4. The van der Waals surface area contributed by atoms with Gasteiger partial charge in [-0.05, 0) is 26.0 Å². The Hall–Kier alpha value is -1.99. The van der Waals surface area contributed by atoms with Crippen LogP contribution in [-0.2, 0) is 0 Å². The van der Waals surface area contributed by atoms with Crippen molar-refractivity contribution in [1.82, 2.24) is 15.1 Å². The van der Waals surface area contributed by atoms with Gasteiger partial charge in [-0.1, -0.05) is 6.07 Å². The molecule has 124 valence electrons. The highest BCUT2D eigenvalue weighted by Crippen LogP contribution is 2.21. The van der Waals surface area contributed by atoms with Crippen LogP contribution in [0.2, 0.25) is 0 Å². The second kappa shape index (κ2) is 6.64. The zero-order valence-electron chi connectivity index (χ0n) is 13.3. The first-order valence-electron chi connectivity index (χ1n) is 8.05. The van der Waals surface area contributed by atoms with E-state index in [0.717, 1.165) is 32.6 Å². The van der Waals surface area contributed by atoms with Crippen molar-refractivity contribution in [3.63, 3.8) is 0 Å². The molecule has 7 heteroatoms. The van der Waals surface area contributed by atoms with Gasteiger partial charge in [-0.2, -0.15) is 0 Å². The standard InChI is InChI=1S/C16H22N4O3/c1-12-2-3-13(10-15(12)20(22)23)16(21)19-8-6-18(7-9-19)14-4-5-17-11-14/h2-3,10,14,17H,4-9,11H2,1H3. The van der Waals surface area contributed by atoms with Crippen LogP contribution in [0.5, 0.6) is 0 Å². The van der Waals surface area contributed by atoms with Gasteiger partial charge in [0.25, 0.3) is 11.6 Å². The van der Waals surface area contributed by atoms with E-state index in [1.54, 1.807) is 24.0 Å². The molecular formula is C16H22N4O3. The number of piperazine rings is 1.